The van der Waals surface area contributed by atoms with E-state index in [1.54, 1.807) is 0 Å². The molecule has 0 aromatic heterocycles. The standard InChI is InChI=1S/CH4.Cl2O/c;1-3-2/h1H4;. The van der Waals surface area contributed by atoms with Crippen LogP contribution in [0.25, 0.3) is 0 Å². The lowest BCUT2D eigenvalue weighted by Gasteiger charge is -1.46. The fourth-order valence-electron chi connectivity index (χ4n) is 0. The van der Waals surface area contributed by atoms with Crippen molar-refractivity contribution in [3.05, 3.63) is 0 Å². The van der Waals surface area contributed by atoms with Gasteiger partial charge in [0.2, 0.25) is 0 Å². The molecule has 0 amide bonds. The Morgan fingerprint density at radius 1 is 1.25 bits per heavy atom. The van der Waals surface area contributed by atoms with Gasteiger partial charge in [-0.15, -0.1) is 0 Å². The van der Waals surface area contributed by atoms with Crippen molar-refractivity contribution in [2.24, 2.45) is 0 Å². The highest BCUT2D eigenvalue weighted by molar-refractivity contribution is 6.24. The Labute approximate surface area is 35.8 Å². The van der Waals surface area contributed by atoms with Crippen molar-refractivity contribution in [3.63, 3.8) is 0 Å². The SMILES string of the molecule is C.ClOCl. The first-order chi connectivity index (χ1) is 1.41. The summed E-state index contributed by atoms with van der Waals surface area (Å²) in [6.07, 6.45) is 0. The molecule has 0 saturated carbocycles. The van der Waals surface area contributed by atoms with E-state index in [9.17, 15) is 0 Å². The van der Waals surface area contributed by atoms with Crippen molar-refractivity contribution in [3.8, 4) is 0 Å². The fraction of sp³-hybridized carbons (Fsp3) is 1.00. The van der Waals surface area contributed by atoms with Crippen molar-refractivity contribution in [2.45, 2.75) is 7.43 Å². The minimum atomic E-state index is 0. The van der Waals surface area contributed by atoms with Crippen LogP contribution in [0.15, 0.2) is 0 Å². The third-order valence-electron chi connectivity index (χ3n) is 0. The average molecular weight is 103 g/mol. The zero-order valence-electron chi connectivity index (χ0n) is 1.16. The minimum absolute atomic E-state index is 0. The van der Waals surface area contributed by atoms with Gasteiger partial charge in [-0.2, -0.15) is 3.84 Å². The summed E-state index contributed by atoms with van der Waals surface area (Å²) in [6.45, 7) is 0. The van der Waals surface area contributed by atoms with Gasteiger partial charge < -0.3 is 0 Å². The van der Waals surface area contributed by atoms with Gasteiger partial charge in [-0.1, -0.05) is 7.43 Å². The van der Waals surface area contributed by atoms with E-state index in [2.05, 4.69) is 27.6 Å². The summed E-state index contributed by atoms with van der Waals surface area (Å²) < 4.78 is 3.19. The molecule has 4 heavy (non-hydrogen) atoms. The summed E-state index contributed by atoms with van der Waals surface area (Å²) in [4.78, 5) is 0. The average Bonchev–Trinajstić information content (AvgIpc) is 0.918. The predicted molar refractivity (Wildman–Crippen MR) is 19.5 cm³/mol. The molecule has 1 nitrogen and oxygen atoms in total. The smallest absolute Gasteiger partial charge is 0.0832 e. The maximum atomic E-state index is 4.26. The molecule has 0 fully saturated rings. The van der Waals surface area contributed by atoms with Crippen molar-refractivity contribution in [1.82, 2.24) is 0 Å². The summed E-state index contributed by atoms with van der Waals surface area (Å²) in [5.74, 6) is 0. The van der Waals surface area contributed by atoms with Crippen molar-refractivity contribution in [2.75, 3.05) is 0 Å². The molecule has 0 atom stereocenters. The molecular weight excluding hydrogens is 98.9 g/mol. The first-order valence-electron chi connectivity index (χ1n) is 0.309. The lowest BCUT2D eigenvalue weighted by Crippen LogP contribution is -1.15. The van der Waals surface area contributed by atoms with Crippen molar-refractivity contribution >= 4 is 23.7 Å². The second kappa shape index (κ2) is 9.63. The zero-order valence-corrected chi connectivity index (χ0v) is 2.68. The summed E-state index contributed by atoms with van der Waals surface area (Å²) in [5.41, 5.74) is 0. The molecule has 0 aromatic rings. The van der Waals surface area contributed by atoms with Crippen LogP contribution in [-0.4, -0.2) is 0 Å². The highest BCUT2D eigenvalue weighted by atomic mass is 35.6. The first-order valence-corrected chi connectivity index (χ1v) is 0.926. The molecule has 0 saturated heterocycles. The Balaban J connectivity index is 0. The van der Waals surface area contributed by atoms with Crippen LogP contribution in [0, 0.1) is 0 Å². The maximum absolute atomic E-state index is 4.26. The zero-order chi connectivity index (χ0) is 2.71. The van der Waals surface area contributed by atoms with Crippen LogP contribution in [0.1, 0.15) is 7.43 Å². The lowest BCUT2D eigenvalue weighted by atomic mass is 12.0. The molecular formula is CH4Cl2O. The van der Waals surface area contributed by atoms with Crippen LogP contribution in [0.2, 0.25) is 0 Å². The Morgan fingerprint density at radius 2 is 1.25 bits per heavy atom. The Hall–Kier alpha value is 0.540. The molecule has 0 bridgehead atoms. The largest absolute Gasteiger partial charge is 0.166 e. The van der Waals surface area contributed by atoms with Gasteiger partial charge in [-0.3, -0.25) is 0 Å². The van der Waals surface area contributed by atoms with E-state index >= 15 is 0 Å². The Bertz CT molecular complexity index is 6.00. The molecule has 0 heterocycles. The van der Waals surface area contributed by atoms with Gasteiger partial charge in [0.1, 0.15) is 0 Å². The van der Waals surface area contributed by atoms with Gasteiger partial charge >= 0.3 is 0 Å². The fourth-order valence-corrected chi connectivity index (χ4v) is 0. The number of halogens is 2. The monoisotopic (exact) mass is 102 g/mol. The molecule has 0 aliphatic rings. The van der Waals surface area contributed by atoms with Gasteiger partial charge in [0.25, 0.3) is 0 Å². The normalized spacial score (nSPS) is 4.50. The van der Waals surface area contributed by atoms with E-state index in [0.29, 0.717) is 0 Å². The molecule has 0 spiro atoms. The number of hydrogen-bond acceptors (Lipinski definition) is 1. The molecule has 0 aliphatic carbocycles. The van der Waals surface area contributed by atoms with E-state index < -0.39 is 0 Å². The van der Waals surface area contributed by atoms with E-state index in [4.69, 9.17) is 0 Å². The van der Waals surface area contributed by atoms with Crippen LogP contribution in [0.4, 0.5) is 0 Å². The van der Waals surface area contributed by atoms with Gasteiger partial charge in [-0.25, -0.2) is 0 Å². The van der Waals surface area contributed by atoms with Crippen LogP contribution in [0.5, 0.6) is 0 Å². The Morgan fingerprint density at radius 3 is 1.25 bits per heavy atom. The maximum Gasteiger partial charge on any atom is 0.0832 e. The molecule has 0 N–H and O–H groups in total. The summed E-state index contributed by atoms with van der Waals surface area (Å²) in [6, 6.07) is 0. The highest BCUT2D eigenvalue weighted by Crippen LogP contribution is 1.78. The quantitative estimate of drug-likeness (QED) is 0.455. The minimum Gasteiger partial charge on any atom is -0.166 e. The summed E-state index contributed by atoms with van der Waals surface area (Å²) in [5, 5.41) is 0. The number of rotatable bonds is 0. The molecule has 3 heteroatoms. The van der Waals surface area contributed by atoms with Gasteiger partial charge in [-0.05, 0) is 0 Å². The second-order valence-corrected chi connectivity index (χ2v) is 0.525. The van der Waals surface area contributed by atoms with Crippen LogP contribution in [0.3, 0.4) is 0 Å². The van der Waals surface area contributed by atoms with Crippen molar-refractivity contribution < 1.29 is 3.84 Å². The lowest BCUT2D eigenvalue weighted by molar-refractivity contribution is 0.697. The topological polar surface area (TPSA) is 9.23 Å². The van der Waals surface area contributed by atoms with Crippen LogP contribution in [-0.2, 0) is 3.84 Å². The summed E-state index contributed by atoms with van der Waals surface area (Å²) in [7, 11) is 0. The van der Waals surface area contributed by atoms with E-state index in [0.717, 1.165) is 0 Å². The molecule has 0 unspecified atom stereocenters. The van der Waals surface area contributed by atoms with E-state index in [-0.39, 0.29) is 7.43 Å². The molecule has 28 valence electrons. The molecule has 0 aliphatic heterocycles. The summed E-state index contributed by atoms with van der Waals surface area (Å²) >= 11 is 8.53. The predicted octanol–water partition coefficient (Wildman–Crippen LogP) is 1.95. The molecule has 0 aromatic carbocycles. The number of hydrogen-bond donors (Lipinski definition) is 0. The van der Waals surface area contributed by atoms with Gasteiger partial charge in [0.05, 0.1) is 23.7 Å². The van der Waals surface area contributed by atoms with Crippen LogP contribution >= 0.6 is 23.7 Å². The van der Waals surface area contributed by atoms with Crippen LogP contribution < -0.4 is 0 Å². The van der Waals surface area contributed by atoms with E-state index in [1.165, 1.54) is 0 Å². The molecule has 0 radical (unpaired) electrons. The highest BCUT2D eigenvalue weighted by Gasteiger charge is 1.38. The Kier molecular flexibility index (Phi) is 21.2. The van der Waals surface area contributed by atoms with Gasteiger partial charge in [0.15, 0.2) is 0 Å². The first kappa shape index (κ1) is 8.82. The molecule has 0 rings (SSSR count). The third kappa shape index (κ3) is 20.7. The van der Waals surface area contributed by atoms with Gasteiger partial charge in [0, 0.05) is 0 Å². The third-order valence-corrected chi connectivity index (χ3v) is 0. The van der Waals surface area contributed by atoms with Crippen molar-refractivity contribution in [1.29, 1.82) is 0 Å². The second-order valence-electron chi connectivity index (χ2n) is 0.0583. The van der Waals surface area contributed by atoms with E-state index in [1.807, 2.05) is 0 Å².